The molecule has 1 unspecified atom stereocenters. The number of hydrogen-bond donors (Lipinski definition) is 2. The van der Waals surface area contributed by atoms with Crippen LogP contribution in [0.15, 0.2) is 17.3 Å². The van der Waals surface area contributed by atoms with Crippen LogP contribution >= 0.6 is 11.8 Å². The topological polar surface area (TPSA) is 81.1 Å². The number of aromatic nitrogens is 2. The van der Waals surface area contributed by atoms with Crippen molar-refractivity contribution in [2.24, 2.45) is 12.8 Å². The molecule has 0 aliphatic heterocycles. The number of carbonyl (C=O) groups is 1. The molecule has 0 aromatic carbocycles. The Labute approximate surface area is 105 Å². The van der Waals surface area contributed by atoms with Crippen molar-refractivity contribution in [1.29, 1.82) is 0 Å². The van der Waals surface area contributed by atoms with E-state index >= 15 is 0 Å². The third-order valence-corrected chi connectivity index (χ3v) is 3.81. The molecule has 1 aromatic heterocycles. The third kappa shape index (κ3) is 4.05. The van der Waals surface area contributed by atoms with Gasteiger partial charge in [-0.1, -0.05) is 6.92 Å². The van der Waals surface area contributed by atoms with Crippen molar-refractivity contribution in [2.75, 3.05) is 5.75 Å². The van der Waals surface area contributed by atoms with E-state index in [4.69, 9.17) is 10.8 Å². The van der Waals surface area contributed by atoms with Crippen LogP contribution in [0.5, 0.6) is 0 Å². The summed E-state index contributed by atoms with van der Waals surface area (Å²) in [5, 5.41) is 13.1. The minimum Gasteiger partial charge on any atom is -0.480 e. The van der Waals surface area contributed by atoms with Gasteiger partial charge >= 0.3 is 5.97 Å². The maximum atomic E-state index is 11.0. The number of nitrogens with zero attached hydrogens (tertiary/aromatic N) is 2. The lowest BCUT2D eigenvalue weighted by molar-refractivity contribution is -0.143. The molecule has 0 spiro atoms. The van der Waals surface area contributed by atoms with Gasteiger partial charge in [-0.2, -0.15) is 5.10 Å². The van der Waals surface area contributed by atoms with Crippen LogP contribution in [-0.2, 0) is 11.8 Å². The van der Waals surface area contributed by atoms with Crippen molar-refractivity contribution in [3.8, 4) is 0 Å². The lowest BCUT2D eigenvalue weighted by Gasteiger charge is -2.22. The number of thioether (sulfide) groups is 1. The van der Waals surface area contributed by atoms with Gasteiger partial charge in [0.1, 0.15) is 5.54 Å². The Kier molecular flexibility index (Phi) is 5.02. The minimum atomic E-state index is -1.07. The molecule has 0 saturated carbocycles. The van der Waals surface area contributed by atoms with E-state index in [2.05, 4.69) is 5.10 Å². The largest absolute Gasteiger partial charge is 0.480 e. The average Bonchev–Trinajstić information content (AvgIpc) is 2.70. The zero-order valence-corrected chi connectivity index (χ0v) is 11.0. The van der Waals surface area contributed by atoms with Gasteiger partial charge in [0, 0.05) is 18.1 Å². The van der Waals surface area contributed by atoms with E-state index in [1.807, 2.05) is 20.2 Å². The summed E-state index contributed by atoms with van der Waals surface area (Å²) in [5.74, 6) is -0.0517. The molecule has 0 fully saturated rings. The molecule has 17 heavy (non-hydrogen) atoms. The molecule has 1 atom stereocenters. The Hall–Kier alpha value is -1.01. The summed E-state index contributed by atoms with van der Waals surface area (Å²) in [6.07, 6.45) is 5.50. The first-order valence-corrected chi connectivity index (χ1v) is 6.60. The van der Waals surface area contributed by atoms with Crippen molar-refractivity contribution in [1.82, 2.24) is 9.78 Å². The quantitative estimate of drug-likeness (QED) is 0.571. The fourth-order valence-electron chi connectivity index (χ4n) is 1.49. The number of nitrogens with two attached hydrogens (primary N) is 1. The van der Waals surface area contributed by atoms with Crippen LogP contribution in [0.1, 0.15) is 26.2 Å². The maximum absolute atomic E-state index is 11.0. The van der Waals surface area contributed by atoms with Crippen molar-refractivity contribution >= 4 is 17.7 Å². The third-order valence-electron chi connectivity index (χ3n) is 2.77. The molecule has 0 aliphatic rings. The van der Waals surface area contributed by atoms with Gasteiger partial charge in [-0.05, 0) is 25.0 Å². The van der Waals surface area contributed by atoms with E-state index in [1.54, 1.807) is 22.6 Å². The Morgan fingerprint density at radius 3 is 2.88 bits per heavy atom. The predicted molar refractivity (Wildman–Crippen MR) is 68.0 cm³/mol. The van der Waals surface area contributed by atoms with Gasteiger partial charge in [-0.25, -0.2) is 0 Å². The predicted octanol–water partition coefficient (Wildman–Crippen LogP) is 1.48. The summed E-state index contributed by atoms with van der Waals surface area (Å²) < 4.78 is 1.75. The Balaban J connectivity index is 2.30. The number of carboxylic acid groups (broad SMARTS) is 1. The molecule has 0 saturated heterocycles. The van der Waals surface area contributed by atoms with Crippen molar-refractivity contribution in [3.63, 3.8) is 0 Å². The Morgan fingerprint density at radius 1 is 1.71 bits per heavy atom. The average molecular weight is 257 g/mol. The van der Waals surface area contributed by atoms with Crippen LogP contribution in [0, 0.1) is 0 Å². The highest BCUT2D eigenvalue weighted by Gasteiger charge is 2.30. The van der Waals surface area contributed by atoms with Gasteiger partial charge in [0.05, 0.1) is 6.20 Å². The molecule has 1 rings (SSSR count). The second kappa shape index (κ2) is 6.07. The zero-order valence-electron chi connectivity index (χ0n) is 10.2. The fraction of sp³-hybridized carbons (Fsp3) is 0.636. The monoisotopic (exact) mass is 257 g/mol. The van der Waals surface area contributed by atoms with Gasteiger partial charge in [-0.3, -0.25) is 9.48 Å². The Bertz CT molecular complexity index is 381. The van der Waals surface area contributed by atoms with Gasteiger partial charge in [0.25, 0.3) is 0 Å². The molecule has 5 nitrogen and oxygen atoms in total. The number of aliphatic carboxylic acids is 1. The molecule has 3 N–H and O–H groups in total. The van der Waals surface area contributed by atoms with E-state index < -0.39 is 11.5 Å². The molecule has 0 bridgehead atoms. The van der Waals surface area contributed by atoms with Gasteiger partial charge < -0.3 is 10.8 Å². The highest BCUT2D eigenvalue weighted by molar-refractivity contribution is 7.99. The van der Waals surface area contributed by atoms with Crippen molar-refractivity contribution in [2.45, 2.75) is 36.6 Å². The molecular weight excluding hydrogens is 238 g/mol. The van der Waals surface area contributed by atoms with Crippen LogP contribution in [0.3, 0.4) is 0 Å². The standard InChI is InChI=1S/C11H19N3O2S/c1-3-11(12,10(15)16)5-4-6-17-9-7-13-14(2)8-9/h7-8H,3-6,12H2,1-2H3,(H,15,16). The molecule has 1 aromatic rings. The summed E-state index contributed by atoms with van der Waals surface area (Å²) in [6, 6.07) is 0. The van der Waals surface area contributed by atoms with E-state index in [0.29, 0.717) is 12.8 Å². The van der Waals surface area contributed by atoms with E-state index in [0.717, 1.165) is 17.1 Å². The molecule has 1 heterocycles. The van der Waals surface area contributed by atoms with E-state index in [9.17, 15) is 4.79 Å². The van der Waals surface area contributed by atoms with Crippen LogP contribution in [0.25, 0.3) is 0 Å². The van der Waals surface area contributed by atoms with E-state index in [1.165, 1.54) is 0 Å². The molecule has 6 heteroatoms. The SMILES string of the molecule is CCC(N)(CCCSc1cnn(C)c1)C(=O)O. The van der Waals surface area contributed by atoms with Crippen molar-refractivity contribution < 1.29 is 9.90 Å². The molecule has 96 valence electrons. The molecular formula is C11H19N3O2S. The van der Waals surface area contributed by atoms with Crippen LogP contribution < -0.4 is 5.73 Å². The highest BCUT2D eigenvalue weighted by atomic mass is 32.2. The molecule has 0 aliphatic carbocycles. The lowest BCUT2D eigenvalue weighted by Crippen LogP contribution is -2.47. The fourth-order valence-corrected chi connectivity index (χ4v) is 2.36. The highest BCUT2D eigenvalue weighted by Crippen LogP contribution is 2.21. The summed E-state index contributed by atoms with van der Waals surface area (Å²) in [6.45, 7) is 1.81. The summed E-state index contributed by atoms with van der Waals surface area (Å²) in [7, 11) is 1.87. The normalized spacial score (nSPS) is 14.5. The second-order valence-corrected chi connectivity index (χ2v) is 5.28. The van der Waals surface area contributed by atoms with Gasteiger partial charge in [0.2, 0.25) is 0 Å². The Morgan fingerprint density at radius 2 is 2.41 bits per heavy atom. The number of hydrogen-bond acceptors (Lipinski definition) is 4. The van der Waals surface area contributed by atoms with E-state index in [-0.39, 0.29) is 0 Å². The lowest BCUT2D eigenvalue weighted by atomic mass is 9.92. The zero-order chi connectivity index (χ0) is 12.9. The smallest absolute Gasteiger partial charge is 0.323 e. The number of aryl methyl sites for hydroxylation is 1. The van der Waals surface area contributed by atoms with Crippen molar-refractivity contribution in [3.05, 3.63) is 12.4 Å². The first-order chi connectivity index (χ1) is 7.98. The first kappa shape index (κ1) is 14.1. The number of carboxylic acids is 1. The first-order valence-electron chi connectivity index (χ1n) is 5.61. The van der Waals surface area contributed by atoms with Gasteiger partial charge in [0.15, 0.2) is 0 Å². The maximum Gasteiger partial charge on any atom is 0.323 e. The minimum absolute atomic E-state index is 0.458. The van der Waals surface area contributed by atoms with Crippen LogP contribution in [0.4, 0.5) is 0 Å². The molecule has 0 amide bonds. The van der Waals surface area contributed by atoms with Gasteiger partial charge in [-0.15, -0.1) is 11.8 Å². The second-order valence-electron chi connectivity index (χ2n) is 4.12. The summed E-state index contributed by atoms with van der Waals surface area (Å²) in [5.41, 5.74) is 4.72. The summed E-state index contributed by atoms with van der Waals surface area (Å²) in [4.78, 5) is 12.1. The van der Waals surface area contributed by atoms with Crippen LogP contribution in [-0.4, -0.2) is 32.1 Å². The van der Waals surface area contributed by atoms with Crippen LogP contribution in [0.2, 0.25) is 0 Å². The molecule has 0 radical (unpaired) electrons. The number of rotatable bonds is 7. The summed E-state index contributed by atoms with van der Waals surface area (Å²) >= 11 is 1.67.